The Morgan fingerprint density at radius 1 is 0.673 bits per heavy atom. The van der Waals surface area contributed by atoms with Crippen molar-refractivity contribution >= 4 is 5.78 Å². The second kappa shape index (κ2) is 15.6. The molecule has 0 aromatic heterocycles. The molecule has 19 nitrogen and oxygen atoms in total. The second-order valence-electron chi connectivity index (χ2n) is 13.0. The minimum Gasteiger partial charge on any atom is -0.507 e. The van der Waals surface area contributed by atoms with Crippen molar-refractivity contribution < 1.29 is 94.1 Å². The third-order valence-electron chi connectivity index (χ3n) is 9.50. The number of ketones is 1. The summed E-state index contributed by atoms with van der Waals surface area (Å²) in [6.07, 6.45) is -24.2. The van der Waals surface area contributed by atoms with Crippen molar-refractivity contribution in [1.29, 1.82) is 0 Å². The molecule has 11 N–H and O–H groups in total. The van der Waals surface area contributed by atoms with E-state index in [9.17, 15) is 61.0 Å². The van der Waals surface area contributed by atoms with Gasteiger partial charge in [-0.25, -0.2) is 0 Å². The first-order chi connectivity index (χ1) is 24.7. The van der Waals surface area contributed by atoms with Crippen molar-refractivity contribution in [3.63, 3.8) is 0 Å². The summed E-state index contributed by atoms with van der Waals surface area (Å²) in [4.78, 5) is 13.2. The van der Waals surface area contributed by atoms with Gasteiger partial charge in [0.15, 0.2) is 18.2 Å². The SMILES string of the molecule is C[C@H]1O[C@@H](O[C@@H]2[C@H](Oc3cc(O)c4c(c3)O[C@@H](c3ccc(O[C@H]5O[C@H](CO)[C@@H](O)[C@H](O)[C@H]5O)cc3)CC4=O)O[C@H](CO)[C@@H](O)[C@@H]2O)[C@H](O)[C@H](O)[C@H]1O. The molecule has 4 heterocycles. The summed E-state index contributed by atoms with van der Waals surface area (Å²) in [5, 5.41) is 113. The van der Waals surface area contributed by atoms with Crippen LogP contribution in [0.25, 0.3) is 0 Å². The summed E-state index contributed by atoms with van der Waals surface area (Å²) >= 11 is 0. The van der Waals surface area contributed by atoms with E-state index in [-0.39, 0.29) is 29.2 Å². The van der Waals surface area contributed by atoms with Crippen LogP contribution in [-0.2, 0) is 18.9 Å². The zero-order valence-electron chi connectivity index (χ0n) is 27.5. The number of carbonyl (C=O) groups excluding carboxylic acids is 1. The number of aliphatic hydroxyl groups is 10. The predicted molar refractivity (Wildman–Crippen MR) is 167 cm³/mol. The summed E-state index contributed by atoms with van der Waals surface area (Å²) in [7, 11) is 0. The molecule has 4 aliphatic heterocycles. The third kappa shape index (κ3) is 7.43. The number of phenols is 1. The summed E-state index contributed by atoms with van der Waals surface area (Å²) in [5.74, 6) is -1.09. The number of carbonyl (C=O) groups is 1. The van der Waals surface area contributed by atoms with Gasteiger partial charge in [-0.3, -0.25) is 4.79 Å². The molecule has 0 amide bonds. The van der Waals surface area contributed by atoms with Crippen molar-refractivity contribution in [3.8, 4) is 23.0 Å². The van der Waals surface area contributed by atoms with Gasteiger partial charge >= 0.3 is 0 Å². The lowest BCUT2D eigenvalue weighted by molar-refractivity contribution is -0.354. The van der Waals surface area contributed by atoms with E-state index in [2.05, 4.69) is 0 Å². The molecule has 0 bridgehead atoms. The van der Waals surface area contributed by atoms with Gasteiger partial charge in [-0.05, 0) is 24.6 Å². The lowest BCUT2D eigenvalue weighted by Gasteiger charge is -2.45. The van der Waals surface area contributed by atoms with E-state index in [4.69, 9.17) is 33.2 Å². The number of rotatable bonds is 9. The van der Waals surface area contributed by atoms with Crippen LogP contribution in [0.15, 0.2) is 36.4 Å². The third-order valence-corrected chi connectivity index (χ3v) is 9.50. The van der Waals surface area contributed by atoms with Crippen molar-refractivity contribution in [1.82, 2.24) is 0 Å². The van der Waals surface area contributed by atoms with E-state index in [0.717, 1.165) is 6.07 Å². The molecule has 0 aliphatic carbocycles. The van der Waals surface area contributed by atoms with Gasteiger partial charge in [0, 0.05) is 12.1 Å². The van der Waals surface area contributed by atoms with Gasteiger partial charge < -0.3 is 89.3 Å². The molecule has 0 radical (unpaired) electrons. The van der Waals surface area contributed by atoms with Gasteiger partial charge in [-0.15, -0.1) is 0 Å². The van der Waals surface area contributed by atoms with E-state index in [0.29, 0.717) is 5.56 Å². The molecule has 19 heteroatoms. The number of Topliss-reactive ketones (excluding diaryl/α,β-unsaturated/α-hetero) is 1. The zero-order valence-corrected chi connectivity index (χ0v) is 27.5. The number of hydrogen-bond donors (Lipinski definition) is 11. The van der Waals surface area contributed by atoms with E-state index < -0.39 is 123 Å². The lowest BCUT2D eigenvalue weighted by atomic mass is 9.95. The fourth-order valence-corrected chi connectivity index (χ4v) is 6.44. The summed E-state index contributed by atoms with van der Waals surface area (Å²) in [6, 6.07) is 8.40. The number of ether oxygens (including phenoxy) is 7. The highest BCUT2D eigenvalue weighted by Gasteiger charge is 2.51. The molecule has 0 spiro atoms. The number of aliphatic hydroxyl groups excluding tert-OH is 10. The number of hydrogen-bond acceptors (Lipinski definition) is 19. The minimum absolute atomic E-state index is 0.0950. The molecular weight excluding hydrogens is 700 g/mol. The first-order valence-corrected chi connectivity index (χ1v) is 16.5. The quantitative estimate of drug-likeness (QED) is 0.118. The summed E-state index contributed by atoms with van der Waals surface area (Å²) in [5.41, 5.74) is 0.345. The molecule has 3 saturated heterocycles. The molecule has 52 heavy (non-hydrogen) atoms. The Morgan fingerprint density at radius 2 is 1.25 bits per heavy atom. The smallest absolute Gasteiger partial charge is 0.229 e. The second-order valence-corrected chi connectivity index (χ2v) is 13.0. The van der Waals surface area contributed by atoms with Crippen molar-refractivity contribution in [2.75, 3.05) is 13.2 Å². The van der Waals surface area contributed by atoms with Crippen LogP contribution in [0.1, 0.15) is 35.4 Å². The fraction of sp³-hybridized carbons (Fsp3) is 0.606. The molecule has 288 valence electrons. The zero-order chi connectivity index (χ0) is 37.6. The number of phenolic OH excluding ortho intramolecular Hbond substituents is 1. The average molecular weight is 743 g/mol. The van der Waals surface area contributed by atoms with Gasteiger partial charge in [0.2, 0.25) is 12.6 Å². The first-order valence-electron chi connectivity index (χ1n) is 16.5. The maximum atomic E-state index is 13.2. The molecular formula is C33H42O19. The summed E-state index contributed by atoms with van der Waals surface area (Å²) in [6.45, 7) is 0.0222. The van der Waals surface area contributed by atoms with Crippen molar-refractivity contribution in [3.05, 3.63) is 47.5 Å². The highest BCUT2D eigenvalue weighted by Crippen LogP contribution is 2.43. The number of fused-ring (bicyclic) bond motifs is 1. The minimum atomic E-state index is -1.80. The maximum Gasteiger partial charge on any atom is 0.229 e. The number of aromatic hydroxyl groups is 1. The van der Waals surface area contributed by atoms with E-state index >= 15 is 0 Å². The predicted octanol–water partition coefficient (Wildman–Crippen LogP) is -3.69. The van der Waals surface area contributed by atoms with Gasteiger partial charge in [-0.1, -0.05) is 12.1 Å². The van der Waals surface area contributed by atoms with Crippen LogP contribution >= 0.6 is 0 Å². The van der Waals surface area contributed by atoms with Crippen LogP contribution in [0, 0.1) is 0 Å². The Labute approximate surface area is 295 Å². The lowest BCUT2D eigenvalue weighted by Crippen LogP contribution is -2.64. The maximum absolute atomic E-state index is 13.2. The molecule has 2 aromatic carbocycles. The largest absolute Gasteiger partial charge is 0.507 e. The molecule has 6 rings (SSSR count). The highest BCUT2D eigenvalue weighted by atomic mass is 16.8. The molecule has 0 unspecified atom stereocenters. The monoisotopic (exact) mass is 742 g/mol. The fourth-order valence-electron chi connectivity index (χ4n) is 6.44. The molecule has 2 aromatic rings. The standard InChI is InChI=1S/C33H42O19/c1-11-22(38)25(41)28(44)31(46-11)52-30-27(43)24(40)20(10-35)51-33(30)48-14-6-15(36)21-16(37)8-17(49-18(21)7-14)12-2-4-13(5-3-12)47-32-29(45)26(42)23(39)19(9-34)50-32/h2-7,11,17,19-20,22-36,38-45H,8-10H2,1H3/t11-,17-,19-,20-,22+,23-,24-,25-,26+,27+,28-,29-,30+,31+,32+,33-/m1/s1. The van der Waals surface area contributed by atoms with E-state index in [1.54, 1.807) is 12.1 Å². The van der Waals surface area contributed by atoms with Gasteiger partial charge in [0.1, 0.15) is 95.7 Å². The van der Waals surface area contributed by atoms with Crippen molar-refractivity contribution in [2.45, 2.75) is 112 Å². The van der Waals surface area contributed by atoms with Gasteiger partial charge in [-0.2, -0.15) is 0 Å². The molecule has 0 saturated carbocycles. The van der Waals surface area contributed by atoms with Crippen LogP contribution in [0.3, 0.4) is 0 Å². The van der Waals surface area contributed by atoms with Gasteiger partial charge in [0.05, 0.1) is 25.7 Å². The topological polar surface area (TPSA) is 304 Å². The van der Waals surface area contributed by atoms with Crippen LogP contribution in [0.2, 0.25) is 0 Å². The Bertz CT molecular complexity index is 1540. The Kier molecular flexibility index (Phi) is 11.6. The molecule has 16 atom stereocenters. The van der Waals surface area contributed by atoms with Crippen LogP contribution < -0.4 is 14.2 Å². The molecule has 3 fully saturated rings. The van der Waals surface area contributed by atoms with Crippen LogP contribution in [0.5, 0.6) is 23.0 Å². The molecule has 4 aliphatic rings. The van der Waals surface area contributed by atoms with Crippen LogP contribution in [0.4, 0.5) is 0 Å². The average Bonchev–Trinajstić information content (AvgIpc) is 3.12. The first kappa shape index (κ1) is 38.5. The normalized spacial score (nSPS) is 40.8. The highest BCUT2D eigenvalue weighted by molar-refractivity contribution is 6.02. The summed E-state index contributed by atoms with van der Waals surface area (Å²) < 4.78 is 39.8. The number of benzene rings is 2. The van der Waals surface area contributed by atoms with E-state index in [1.165, 1.54) is 25.1 Å². The van der Waals surface area contributed by atoms with Gasteiger partial charge in [0.25, 0.3) is 0 Å². The van der Waals surface area contributed by atoms with Crippen molar-refractivity contribution in [2.24, 2.45) is 0 Å². The van der Waals surface area contributed by atoms with E-state index in [1.807, 2.05) is 0 Å². The Morgan fingerprint density at radius 3 is 1.90 bits per heavy atom. The Hall–Kier alpha value is -3.25. The Balaban J connectivity index is 1.19. The van der Waals surface area contributed by atoms with Crippen LogP contribution in [-0.4, -0.2) is 167 Å².